The molecule has 2 aromatic heterocycles. The van der Waals surface area contributed by atoms with Crippen LogP contribution in [0.5, 0.6) is 0 Å². The van der Waals surface area contributed by atoms with Crippen molar-refractivity contribution in [2.45, 2.75) is 78.6 Å². The molecule has 0 unspecified atom stereocenters. The highest BCUT2D eigenvalue weighted by molar-refractivity contribution is 7.26. The van der Waals surface area contributed by atoms with Gasteiger partial charge in [-0.15, -0.1) is 11.3 Å². The number of hydrogen-bond donors (Lipinski definition) is 0. The molecule has 0 radical (unpaired) electrons. The number of aromatic nitrogens is 1. The van der Waals surface area contributed by atoms with Crippen molar-refractivity contribution in [3.8, 4) is 16.8 Å². The molecule has 6 heteroatoms. The van der Waals surface area contributed by atoms with Gasteiger partial charge in [-0.1, -0.05) is 178 Å². The van der Waals surface area contributed by atoms with Gasteiger partial charge in [-0.05, 0) is 151 Å². The molecule has 378 valence electrons. The van der Waals surface area contributed by atoms with Gasteiger partial charge in [0.05, 0.1) is 28.1 Å². The van der Waals surface area contributed by atoms with Crippen LogP contribution in [-0.2, 0) is 16.2 Å². The summed E-state index contributed by atoms with van der Waals surface area (Å²) in [6.45, 7) is 20.8. The Balaban J connectivity index is 1.00. The molecule has 0 saturated carbocycles. The van der Waals surface area contributed by atoms with E-state index in [0.29, 0.717) is 0 Å². The Kier molecular flexibility index (Phi) is 9.99. The van der Waals surface area contributed by atoms with Crippen molar-refractivity contribution in [1.82, 2.24) is 4.57 Å². The van der Waals surface area contributed by atoms with E-state index in [1.54, 1.807) is 0 Å². The molecule has 0 fully saturated rings. The Morgan fingerprint density at radius 1 is 0.410 bits per heavy atom. The highest BCUT2D eigenvalue weighted by Crippen LogP contribution is 2.54. The molecule has 5 heterocycles. The first-order valence-corrected chi connectivity index (χ1v) is 28.5. The van der Waals surface area contributed by atoms with Crippen molar-refractivity contribution in [3.63, 3.8) is 0 Å². The van der Waals surface area contributed by atoms with Crippen LogP contribution in [-0.4, -0.2) is 11.3 Å². The van der Waals surface area contributed by atoms with E-state index in [9.17, 15) is 0 Å². The lowest BCUT2D eigenvalue weighted by Gasteiger charge is -2.47. The van der Waals surface area contributed by atoms with E-state index in [0.717, 1.165) is 22.7 Å². The largest absolute Gasteiger partial charge is 0.311 e. The summed E-state index contributed by atoms with van der Waals surface area (Å²) in [5.41, 5.74) is 24.5. The van der Waals surface area contributed by atoms with Crippen LogP contribution in [0.3, 0.4) is 0 Å². The van der Waals surface area contributed by atoms with E-state index in [1.807, 2.05) is 11.3 Å². The molecule has 10 aromatic carbocycles. The van der Waals surface area contributed by atoms with Crippen molar-refractivity contribution < 1.29 is 0 Å². The van der Waals surface area contributed by atoms with Gasteiger partial charge < -0.3 is 19.3 Å². The minimum absolute atomic E-state index is 0.0243. The molecule has 0 bridgehead atoms. The average molecular weight is 1030 g/mol. The first kappa shape index (κ1) is 46.9. The molecular formula is C72H61BN4S. The minimum atomic E-state index is -0.160. The smallest absolute Gasteiger partial charge is 0.252 e. The van der Waals surface area contributed by atoms with Crippen LogP contribution in [0.2, 0.25) is 0 Å². The van der Waals surface area contributed by atoms with Crippen molar-refractivity contribution in [1.29, 1.82) is 0 Å². The number of benzene rings is 10. The van der Waals surface area contributed by atoms with Crippen LogP contribution in [0.1, 0.15) is 79.0 Å². The third kappa shape index (κ3) is 6.91. The molecule has 15 rings (SSSR count). The molecule has 0 saturated heterocycles. The highest BCUT2D eigenvalue weighted by atomic mass is 32.1. The van der Waals surface area contributed by atoms with Crippen LogP contribution in [0, 0.1) is 0 Å². The van der Waals surface area contributed by atoms with Gasteiger partial charge in [0, 0.05) is 70.8 Å². The maximum absolute atomic E-state index is 2.63. The van der Waals surface area contributed by atoms with Crippen molar-refractivity contribution in [2.75, 3.05) is 14.7 Å². The molecular weight excluding hydrogens is 964 g/mol. The van der Waals surface area contributed by atoms with Crippen molar-refractivity contribution in [3.05, 3.63) is 223 Å². The number of rotatable bonds is 5. The Labute approximate surface area is 462 Å². The second kappa shape index (κ2) is 16.6. The summed E-state index contributed by atoms with van der Waals surface area (Å²) in [7, 11) is 0. The Morgan fingerprint density at radius 3 is 1.68 bits per heavy atom. The summed E-state index contributed by atoms with van der Waals surface area (Å²) in [6, 6.07) is 78.9. The van der Waals surface area contributed by atoms with Gasteiger partial charge >= 0.3 is 0 Å². The van der Waals surface area contributed by atoms with Crippen molar-refractivity contribution >= 4 is 128 Å². The van der Waals surface area contributed by atoms with E-state index < -0.39 is 0 Å². The Hall–Kier alpha value is -8.32. The normalized spacial score (nSPS) is 13.6. The standard InChI is InChI=1S/C72H61BN4S/c1-70(2,3)45-29-35-48(36-30-45)74(49-37-31-46(32-38-49)71(4,5)6)51-39-40-56-61(43-51)75(50-33-27-44(28-34-50)52-19-15-26-65-66(52)55-18-11-13-25-64(55)78-65)62-41-47(72(7,8)9)42-63-67(62)73(56)57-21-16-24-60-69(57)77(63)59-23-14-20-54-53-17-10-12-22-58(53)76(60)68(54)59/h10-43H,1-9H3. The van der Waals surface area contributed by atoms with Gasteiger partial charge in [0.1, 0.15) is 0 Å². The molecule has 4 nitrogen and oxygen atoms in total. The maximum Gasteiger partial charge on any atom is 0.252 e. The molecule has 3 aliphatic heterocycles. The SMILES string of the molecule is CC(C)(C)c1ccc(N(c2ccc(C(C)(C)C)cc2)c2ccc3c(c2)N(c2ccc(-c4cccc5sc6ccccc6c45)cc2)c2cc(C(C)(C)C)cc4c2B3c2cccc3c2N4c2cccc4c5ccccc5n-3c24)cc1. The number of fused-ring (bicyclic) bond motifs is 12. The lowest BCUT2D eigenvalue weighted by molar-refractivity contribution is 0.590. The van der Waals surface area contributed by atoms with E-state index >= 15 is 0 Å². The second-order valence-corrected chi connectivity index (χ2v) is 26.1. The van der Waals surface area contributed by atoms with Crippen LogP contribution in [0.15, 0.2) is 206 Å². The summed E-state index contributed by atoms with van der Waals surface area (Å²) in [4.78, 5) is 7.70. The molecule has 0 amide bonds. The average Bonchev–Trinajstić information content (AvgIpc) is 3.19. The predicted octanol–water partition coefficient (Wildman–Crippen LogP) is 18.6. The van der Waals surface area contributed by atoms with Crippen LogP contribution < -0.4 is 31.1 Å². The van der Waals surface area contributed by atoms with E-state index in [-0.39, 0.29) is 23.0 Å². The summed E-state index contributed by atoms with van der Waals surface area (Å²) >= 11 is 1.88. The van der Waals surface area contributed by atoms with Crippen LogP contribution in [0.25, 0.3) is 58.8 Å². The molecule has 0 N–H and O–H groups in total. The second-order valence-electron chi connectivity index (χ2n) is 25.0. The van der Waals surface area contributed by atoms with E-state index in [4.69, 9.17) is 0 Å². The van der Waals surface area contributed by atoms with E-state index in [1.165, 1.54) is 120 Å². The van der Waals surface area contributed by atoms with Gasteiger partial charge in [0.25, 0.3) is 6.71 Å². The summed E-state index contributed by atoms with van der Waals surface area (Å²) in [5, 5.41) is 5.19. The fraction of sp³-hybridized carbons (Fsp3) is 0.167. The zero-order chi connectivity index (χ0) is 53.1. The van der Waals surface area contributed by atoms with Gasteiger partial charge in [-0.25, -0.2) is 0 Å². The van der Waals surface area contributed by atoms with Crippen LogP contribution >= 0.6 is 11.3 Å². The fourth-order valence-electron chi connectivity index (χ4n) is 13.2. The fourth-order valence-corrected chi connectivity index (χ4v) is 14.3. The van der Waals surface area contributed by atoms with Gasteiger partial charge in [0.2, 0.25) is 0 Å². The first-order valence-electron chi connectivity index (χ1n) is 27.7. The first-order chi connectivity index (χ1) is 37.6. The zero-order valence-electron chi connectivity index (χ0n) is 45.9. The number of thiophene rings is 1. The molecule has 12 aromatic rings. The minimum Gasteiger partial charge on any atom is -0.311 e. The maximum atomic E-state index is 2.63. The highest BCUT2D eigenvalue weighted by Gasteiger charge is 2.47. The third-order valence-corrected chi connectivity index (χ3v) is 18.3. The zero-order valence-corrected chi connectivity index (χ0v) is 46.7. The predicted molar refractivity (Wildman–Crippen MR) is 337 cm³/mol. The Bertz CT molecular complexity index is 4390. The number of anilines is 9. The summed E-state index contributed by atoms with van der Waals surface area (Å²) in [5.74, 6) is 0. The van der Waals surface area contributed by atoms with Crippen LogP contribution in [0.4, 0.5) is 51.2 Å². The number of hydrogen-bond acceptors (Lipinski definition) is 4. The summed E-state index contributed by atoms with van der Waals surface area (Å²) < 4.78 is 5.18. The summed E-state index contributed by atoms with van der Waals surface area (Å²) in [6.07, 6.45) is 0. The lowest BCUT2D eigenvalue weighted by atomic mass is 9.33. The molecule has 0 atom stereocenters. The topological polar surface area (TPSA) is 14.7 Å². The molecule has 0 aliphatic carbocycles. The lowest BCUT2D eigenvalue weighted by Crippen LogP contribution is -2.62. The molecule has 0 spiro atoms. The molecule has 78 heavy (non-hydrogen) atoms. The Morgan fingerprint density at radius 2 is 0.987 bits per heavy atom. The van der Waals surface area contributed by atoms with Gasteiger partial charge in [-0.2, -0.15) is 0 Å². The number of nitrogens with zero attached hydrogens (tertiary/aromatic N) is 4. The quantitative estimate of drug-likeness (QED) is 0.160. The molecule has 3 aliphatic rings. The monoisotopic (exact) mass is 1020 g/mol. The third-order valence-electron chi connectivity index (χ3n) is 17.2. The van der Waals surface area contributed by atoms with Gasteiger partial charge in [-0.3, -0.25) is 0 Å². The van der Waals surface area contributed by atoms with Crippen molar-refractivity contribution in [2.24, 2.45) is 0 Å². The van der Waals surface area contributed by atoms with E-state index in [2.05, 4.69) is 288 Å². The van der Waals surface area contributed by atoms with Gasteiger partial charge in [0.15, 0.2) is 0 Å². The number of para-hydroxylation sites is 3.